The van der Waals surface area contributed by atoms with Crippen molar-refractivity contribution in [3.8, 4) is 0 Å². The normalized spacial score (nSPS) is 12.2. The zero-order valence-corrected chi connectivity index (χ0v) is 73.3. The number of nitrogens with zero attached hydrogens (tertiary/aromatic N) is 8. The molecule has 5 amide bonds. The monoisotopic (exact) mass is 1810 g/mol. The molecule has 0 spiro atoms. The number of nitrogens with two attached hydrogens (primary N) is 1. The highest BCUT2D eigenvalue weighted by molar-refractivity contribution is 6.31. The highest BCUT2D eigenvalue weighted by Crippen LogP contribution is 2.37. The Hall–Kier alpha value is -14.0. The standard InChI is InChI=1S/C29H34ClN3O5.C22H25N3O3.C17H13ClN2O3.C17H13FN2O3.C12H13N3O3/c1-29(2,3)38-28(36)33-15-11-21(12-16-33)24(19-6-8-23(30)9-7-19)13-17-32-14-10-20-4-5-22(26(34)31-37)18-25(20)27(32)35;1-3-24(4-2)14-16-6-5-7-17(12-16)15-25-11-10-18-8-9-19(21(26)23-28)13-20(18)22(25)27;18-14-3-1-2-11(8-14)10-20-7-6-12-4-5-13(16(21)19-23)9-15(12)17(20)22;18-13-4-1-11(2-5-13)8-20-10-19-15-7-12(16(22)9-21)3-6-14(15)17(20)23;13-4-6-15-5-3-8-1-2-9(11(16)14-18)7-10(8)12(15)17/h4-10,14,18,21,24,37H,11-13,15-17H2,1-3H3,(H,31,34);5-13,28H,3-4,14-15H2,1-2H3,(H,23,26);1-9,23H,10H2,(H,19,21);1-7,10,21H,8-9H2;1-3,5,7,18H,4,6,13H2,(H,14,16). The lowest BCUT2D eigenvalue weighted by atomic mass is 9.78. The Kier molecular flexibility index (Phi) is 33.5. The molecule has 15 rings (SSSR count). The number of hydrogen-bond acceptors (Lipinski definition) is 20. The molecule has 1 aliphatic heterocycles. The number of carbonyl (C=O) groups excluding carboxylic acids is 6. The molecule has 30 nitrogen and oxygen atoms in total. The van der Waals surface area contributed by atoms with Crippen LogP contribution in [-0.2, 0) is 44.0 Å². The number of benzene rings is 9. The highest BCUT2D eigenvalue weighted by atomic mass is 35.5. The van der Waals surface area contributed by atoms with Gasteiger partial charge in [0.2, 0.25) is 0 Å². The maximum Gasteiger partial charge on any atom is 0.410 e. The highest BCUT2D eigenvalue weighted by Gasteiger charge is 2.32. The van der Waals surface area contributed by atoms with E-state index in [1.807, 2.05) is 87.5 Å². The number of piperidine rings is 1. The molecule has 0 radical (unpaired) electrons. The number of ether oxygens (including phenoxy) is 1. The molecule has 1 fully saturated rings. The molecule has 0 bridgehead atoms. The van der Waals surface area contributed by atoms with Gasteiger partial charge in [0.15, 0.2) is 5.78 Å². The number of nitrogens with one attached hydrogen (secondary N) is 4. The second kappa shape index (κ2) is 45.1. The van der Waals surface area contributed by atoms with Crippen LogP contribution in [0.2, 0.25) is 10.0 Å². The predicted molar refractivity (Wildman–Crippen MR) is 494 cm³/mol. The van der Waals surface area contributed by atoms with E-state index < -0.39 is 41.6 Å². The minimum atomic E-state index is -0.665. The molecule has 9 aromatic carbocycles. The number of pyridine rings is 4. The third kappa shape index (κ3) is 25.1. The van der Waals surface area contributed by atoms with E-state index in [0.29, 0.717) is 99.8 Å². The summed E-state index contributed by atoms with van der Waals surface area (Å²) in [6.45, 7) is 15.8. The number of fused-ring (bicyclic) bond motifs is 5. The first-order chi connectivity index (χ1) is 62.4. The maximum absolute atomic E-state index is 13.3. The average Bonchev–Trinajstić information content (AvgIpc) is 0.805. The van der Waals surface area contributed by atoms with Crippen LogP contribution in [0.4, 0.5) is 9.18 Å². The number of aromatic nitrogens is 6. The molecule has 1 aliphatic rings. The molecular weight excluding hydrogens is 1710 g/mol. The van der Waals surface area contributed by atoms with Crippen LogP contribution in [0.1, 0.15) is 139 Å². The molecule has 130 heavy (non-hydrogen) atoms. The number of aliphatic hydroxyl groups is 1. The van der Waals surface area contributed by atoms with Crippen molar-refractivity contribution in [3.63, 3.8) is 0 Å². The van der Waals surface area contributed by atoms with Gasteiger partial charge in [0.25, 0.3) is 51.4 Å². The second-order valence-corrected chi connectivity index (χ2v) is 32.5. The second-order valence-electron chi connectivity index (χ2n) is 31.7. The van der Waals surface area contributed by atoms with Crippen molar-refractivity contribution in [1.29, 1.82) is 0 Å². The molecule has 1 saturated heterocycles. The summed E-state index contributed by atoms with van der Waals surface area (Å²) in [7, 11) is 0. The largest absolute Gasteiger partial charge is 0.444 e. The van der Waals surface area contributed by atoms with Crippen molar-refractivity contribution >= 4 is 113 Å². The molecule has 1 atom stereocenters. The summed E-state index contributed by atoms with van der Waals surface area (Å²) >= 11 is 12.1. The zero-order valence-electron chi connectivity index (χ0n) is 71.8. The fraction of sp³-hybridized carbons (Fsp3) is 0.237. The molecule has 674 valence electrons. The molecule has 0 saturated carbocycles. The van der Waals surface area contributed by atoms with E-state index in [2.05, 4.69) is 35.9 Å². The summed E-state index contributed by atoms with van der Waals surface area (Å²) in [5.74, 6) is -2.87. The van der Waals surface area contributed by atoms with Gasteiger partial charge in [-0.3, -0.25) is 78.2 Å². The van der Waals surface area contributed by atoms with Gasteiger partial charge in [0.05, 0.1) is 36.9 Å². The summed E-state index contributed by atoms with van der Waals surface area (Å²) in [6, 6.07) is 60.0. The van der Waals surface area contributed by atoms with Gasteiger partial charge in [-0.1, -0.05) is 128 Å². The summed E-state index contributed by atoms with van der Waals surface area (Å²) in [5.41, 5.74) is 16.9. The van der Waals surface area contributed by atoms with Crippen molar-refractivity contribution < 1.29 is 63.8 Å². The maximum atomic E-state index is 13.3. The fourth-order valence-electron chi connectivity index (χ4n) is 15.0. The van der Waals surface area contributed by atoms with E-state index in [0.717, 1.165) is 82.7 Å². The van der Waals surface area contributed by atoms with Gasteiger partial charge in [-0.2, -0.15) is 0 Å². The number of amides is 5. The van der Waals surface area contributed by atoms with E-state index in [4.69, 9.17) is 59.6 Å². The number of likely N-dealkylation sites (tertiary alicyclic amines) is 1. The Morgan fingerprint density at radius 2 is 0.908 bits per heavy atom. The summed E-state index contributed by atoms with van der Waals surface area (Å²) in [6.07, 6.45) is 10.4. The Morgan fingerprint density at radius 1 is 0.485 bits per heavy atom. The lowest BCUT2D eigenvalue weighted by Gasteiger charge is -2.37. The minimum Gasteiger partial charge on any atom is -0.444 e. The van der Waals surface area contributed by atoms with Crippen LogP contribution in [0, 0.1) is 11.7 Å². The topological polar surface area (TPSA) is 416 Å². The van der Waals surface area contributed by atoms with Crippen molar-refractivity contribution in [2.24, 2.45) is 11.7 Å². The number of rotatable bonds is 23. The van der Waals surface area contributed by atoms with Gasteiger partial charge in [0, 0.05) is 123 Å². The SMILES string of the molecule is CC(C)(C)OC(=O)N1CCC(C(CCn2ccc3ccc(C(=O)NO)cc3c2=O)c2ccc(Cl)cc2)CC1.CCN(CC)Cc1cccc(Cn2ccc3ccc(C(=O)NO)cc3c2=O)c1.NCCn1ccc2ccc(C(=O)NO)cc2c1=O.O=C(CO)c1ccc2c(=O)n(Cc3ccc(F)cc3)cnc2c1.O=C(NO)c1ccc2ccn(Cc3cccc(Cl)c3)c(=O)c2c1. The Morgan fingerprint density at radius 3 is 1.35 bits per heavy atom. The number of aryl methyl sites for hydroxylation is 1. The number of hydrogen-bond donors (Lipinski definition) is 10. The number of hydroxylamine groups is 4. The molecular formula is C97H98Cl2FN13O17. The van der Waals surface area contributed by atoms with Gasteiger partial charge in [0.1, 0.15) is 18.0 Å². The molecule has 0 aliphatic carbocycles. The number of halogens is 3. The van der Waals surface area contributed by atoms with Crippen LogP contribution in [0.25, 0.3) is 54.0 Å². The molecule has 5 aromatic heterocycles. The summed E-state index contributed by atoms with van der Waals surface area (Å²) in [4.78, 5) is 142. The smallest absolute Gasteiger partial charge is 0.410 e. The number of ketones is 1. The lowest BCUT2D eigenvalue weighted by molar-refractivity contribution is 0.0171. The van der Waals surface area contributed by atoms with Crippen LogP contribution < -0.4 is 55.5 Å². The van der Waals surface area contributed by atoms with Crippen LogP contribution in [0.15, 0.2) is 267 Å². The first kappa shape index (κ1) is 96.6. The summed E-state index contributed by atoms with van der Waals surface area (Å²) < 4.78 is 26.2. The average molecular weight is 1810 g/mol. The molecule has 14 aromatic rings. The predicted octanol–water partition coefficient (Wildman–Crippen LogP) is 13.3. The molecule has 33 heteroatoms. The quantitative estimate of drug-likeness (QED) is 0.0161. The van der Waals surface area contributed by atoms with Crippen LogP contribution in [0.5, 0.6) is 0 Å². The van der Waals surface area contributed by atoms with Crippen LogP contribution >= 0.6 is 23.2 Å². The number of Topliss-reactive ketones (excluding diaryl/α,β-unsaturated/α-hetero) is 1. The van der Waals surface area contributed by atoms with E-state index in [9.17, 15) is 57.1 Å². The zero-order chi connectivity index (χ0) is 93.5. The van der Waals surface area contributed by atoms with E-state index >= 15 is 0 Å². The number of aliphatic hydroxyl groups excluding tert-OH is 1. The minimum absolute atomic E-state index is 0.167. The third-order valence-corrected chi connectivity index (χ3v) is 22.4. The molecule has 1 unspecified atom stereocenters. The van der Waals surface area contributed by atoms with Gasteiger partial charge < -0.3 is 38.7 Å². The Bertz CT molecular complexity index is 6790. The van der Waals surface area contributed by atoms with E-state index in [1.165, 1.54) is 81.1 Å². The number of carbonyl (C=O) groups is 6. The fourth-order valence-corrected chi connectivity index (χ4v) is 15.4. The Labute approximate surface area is 754 Å². The van der Waals surface area contributed by atoms with Crippen molar-refractivity contribution in [2.75, 3.05) is 39.3 Å². The van der Waals surface area contributed by atoms with Crippen molar-refractivity contribution in [3.05, 3.63) is 367 Å². The van der Waals surface area contributed by atoms with E-state index in [1.54, 1.807) is 139 Å². The molecule has 6 heterocycles. The van der Waals surface area contributed by atoms with Gasteiger partial charge in [-0.05, 0) is 236 Å². The van der Waals surface area contributed by atoms with Gasteiger partial charge in [-0.15, -0.1) is 0 Å². The van der Waals surface area contributed by atoms with Crippen molar-refractivity contribution in [1.82, 2.24) is 59.5 Å². The first-order valence-electron chi connectivity index (χ1n) is 41.6. The van der Waals surface area contributed by atoms with Crippen LogP contribution in [-0.4, -0.2) is 144 Å². The van der Waals surface area contributed by atoms with Crippen LogP contribution in [0.3, 0.4) is 0 Å². The third-order valence-electron chi connectivity index (χ3n) is 21.9. The molecule has 11 N–H and O–H groups in total. The Balaban J connectivity index is 0.000000161. The first-order valence-corrected chi connectivity index (χ1v) is 42.4. The van der Waals surface area contributed by atoms with E-state index in [-0.39, 0.29) is 74.4 Å². The van der Waals surface area contributed by atoms with Crippen molar-refractivity contribution in [2.45, 2.75) is 105 Å². The van der Waals surface area contributed by atoms with Gasteiger partial charge >= 0.3 is 6.09 Å². The van der Waals surface area contributed by atoms with Gasteiger partial charge in [-0.25, -0.2) is 36.1 Å². The lowest BCUT2D eigenvalue weighted by Crippen LogP contribution is -2.42. The summed E-state index contributed by atoms with van der Waals surface area (Å²) in [5, 5.41) is 50.2.